The van der Waals surface area contributed by atoms with Gasteiger partial charge in [-0.15, -0.1) is 11.3 Å². The Morgan fingerprint density at radius 3 is 2.70 bits per heavy atom. The molecule has 2 heterocycles. The summed E-state index contributed by atoms with van der Waals surface area (Å²) in [4.78, 5) is 32.7. The molecule has 37 heavy (non-hydrogen) atoms. The molecule has 1 fully saturated rings. The maximum absolute atomic E-state index is 13.0. The fraction of sp³-hybridized carbons (Fsp3) is 0.276. The van der Waals surface area contributed by atoms with E-state index in [-0.39, 0.29) is 11.6 Å². The molecule has 2 aliphatic carbocycles. The second kappa shape index (κ2) is 9.52. The minimum Gasteiger partial charge on any atom is -0.494 e. The van der Waals surface area contributed by atoms with Crippen molar-refractivity contribution in [2.75, 3.05) is 7.11 Å². The van der Waals surface area contributed by atoms with Gasteiger partial charge in [-0.1, -0.05) is 35.5 Å². The summed E-state index contributed by atoms with van der Waals surface area (Å²) >= 11 is 1.73. The predicted octanol–water partition coefficient (Wildman–Crippen LogP) is 5.83. The maximum Gasteiger partial charge on any atom is 0.341 e. The number of fused-ring (bicyclic) bond motifs is 2. The zero-order chi connectivity index (χ0) is 25.5. The molecule has 8 heteroatoms. The number of pyridine rings is 1. The molecule has 1 N–H and O–H groups in total. The fourth-order valence-corrected chi connectivity index (χ4v) is 6.19. The number of carbonyl (C=O) groups is 1. The number of oxime groups is 1. The normalized spacial score (nSPS) is 16.1. The highest BCUT2D eigenvalue weighted by Crippen LogP contribution is 2.45. The van der Waals surface area contributed by atoms with E-state index in [4.69, 9.17) is 9.57 Å². The van der Waals surface area contributed by atoms with Crippen LogP contribution < -0.4 is 10.2 Å². The van der Waals surface area contributed by atoms with Gasteiger partial charge in [-0.2, -0.15) is 0 Å². The first kappa shape index (κ1) is 23.5. The molecule has 0 unspecified atom stereocenters. The molecule has 0 radical (unpaired) electrons. The van der Waals surface area contributed by atoms with Crippen LogP contribution >= 0.6 is 11.3 Å². The molecule has 0 amide bonds. The number of ether oxygens (including phenoxy) is 1. The standard InChI is InChI=1S/C29H26N2O5S/c1-35-28-21(10-11-22-26(28)31(20-8-9-20)15-23(27(22)32)29(33)34)25-14-18-13-19(7-12-24(18)37-25)30-36-16-17-5-3-2-4-6-17/h2-6,10-11,14-15,20H,7-9,12-13,16H2,1H3,(H,33,34)/b30-19-. The highest BCUT2D eigenvalue weighted by molar-refractivity contribution is 7.15. The van der Waals surface area contributed by atoms with E-state index in [9.17, 15) is 14.7 Å². The lowest BCUT2D eigenvalue weighted by atomic mass is 9.96. The molecule has 4 aromatic rings. The van der Waals surface area contributed by atoms with Gasteiger partial charge in [0.05, 0.1) is 23.7 Å². The largest absolute Gasteiger partial charge is 0.494 e. The van der Waals surface area contributed by atoms with Crippen LogP contribution in [0.15, 0.2) is 64.7 Å². The van der Waals surface area contributed by atoms with Crippen LogP contribution in [0, 0.1) is 0 Å². The van der Waals surface area contributed by atoms with Crippen LogP contribution in [0.3, 0.4) is 0 Å². The summed E-state index contributed by atoms with van der Waals surface area (Å²) in [5.41, 5.74) is 4.24. The van der Waals surface area contributed by atoms with Crippen molar-refractivity contribution in [3.63, 3.8) is 0 Å². The molecule has 0 aliphatic heterocycles. The van der Waals surface area contributed by atoms with Crippen molar-refractivity contribution in [2.24, 2.45) is 5.16 Å². The number of aromatic carboxylic acids is 1. The molecule has 0 saturated heterocycles. The monoisotopic (exact) mass is 514 g/mol. The number of thiophene rings is 1. The summed E-state index contributed by atoms with van der Waals surface area (Å²) in [6.45, 7) is 0.451. The van der Waals surface area contributed by atoms with Crippen LogP contribution in [0.4, 0.5) is 0 Å². The SMILES string of the molecule is COc1c(-c2cc3c(s2)CC/C(=N/OCc2ccccc2)C3)ccc2c(=O)c(C(=O)O)cn(C3CC3)c12. The molecule has 0 atom stereocenters. The third-order valence-corrected chi connectivity index (χ3v) is 8.26. The third kappa shape index (κ3) is 4.42. The van der Waals surface area contributed by atoms with Gasteiger partial charge in [-0.3, -0.25) is 4.79 Å². The second-order valence-electron chi connectivity index (χ2n) is 9.51. The first-order valence-electron chi connectivity index (χ1n) is 12.4. The first-order chi connectivity index (χ1) is 18.0. The lowest BCUT2D eigenvalue weighted by molar-refractivity contribution is 0.0695. The molecule has 2 aliphatic rings. The van der Waals surface area contributed by atoms with E-state index in [2.05, 4.69) is 11.2 Å². The Bertz CT molecular complexity index is 1600. The van der Waals surface area contributed by atoms with Gasteiger partial charge in [-0.25, -0.2) is 4.79 Å². The van der Waals surface area contributed by atoms with Crippen LogP contribution in [0.5, 0.6) is 5.75 Å². The molecule has 1 saturated carbocycles. The topological polar surface area (TPSA) is 90.1 Å². The minimum atomic E-state index is -1.21. The fourth-order valence-electron chi connectivity index (χ4n) is 4.99. The smallest absolute Gasteiger partial charge is 0.341 e. The van der Waals surface area contributed by atoms with Gasteiger partial charge in [0.25, 0.3) is 0 Å². The average molecular weight is 515 g/mol. The Balaban J connectivity index is 1.34. The number of aromatic nitrogens is 1. The van der Waals surface area contributed by atoms with Crippen molar-refractivity contribution in [1.82, 2.24) is 4.57 Å². The molecule has 0 bridgehead atoms. The molecular formula is C29H26N2O5S. The van der Waals surface area contributed by atoms with Crippen LogP contribution in [-0.2, 0) is 24.3 Å². The highest BCUT2D eigenvalue weighted by Gasteiger charge is 2.29. The number of carboxylic acids is 1. The van der Waals surface area contributed by atoms with E-state index in [0.717, 1.165) is 53.8 Å². The van der Waals surface area contributed by atoms with Crippen LogP contribution in [0.2, 0.25) is 0 Å². The third-order valence-electron chi connectivity index (χ3n) is 6.99. The predicted molar refractivity (Wildman–Crippen MR) is 144 cm³/mol. The molecule has 6 rings (SSSR count). The van der Waals surface area contributed by atoms with Crippen molar-refractivity contribution in [3.8, 4) is 16.2 Å². The van der Waals surface area contributed by atoms with Crippen LogP contribution in [0.25, 0.3) is 21.3 Å². The first-order valence-corrected chi connectivity index (χ1v) is 13.2. The molecular weight excluding hydrogens is 488 g/mol. The van der Waals surface area contributed by atoms with E-state index in [1.54, 1.807) is 24.5 Å². The van der Waals surface area contributed by atoms with Gasteiger partial charge in [0.1, 0.15) is 12.2 Å². The van der Waals surface area contributed by atoms with Gasteiger partial charge in [0.15, 0.2) is 5.75 Å². The van der Waals surface area contributed by atoms with E-state index < -0.39 is 11.4 Å². The Morgan fingerprint density at radius 2 is 1.97 bits per heavy atom. The Labute approximate surface area is 217 Å². The summed E-state index contributed by atoms with van der Waals surface area (Å²) < 4.78 is 7.81. The van der Waals surface area contributed by atoms with Crippen molar-refractivity contribution in [3.05, 3.63) is 86.5 Å². The number of hydrogen-bond donors (Lipinski definition) is 1. The van der Waals surface area contributed by atoms with Crippen molar-refractivity contribution < 1.29 is 19.5 Å². The number of hydrogen-bond acceptors (Lipinski definition) is 6. The minimum absolute atomic E-state index is 0.177. The van der Waals surface area contributed by atoms with Gasteiger partial charge in [0, 0.05) is 34.0 Å². The zero-order valence-corrected chi connectivity index (χ0v) is 21.2. The van der Waals surface area contributed by atoms with Crippen LogP contribution in [-0.4, -0.2) is 28.5 Å². The zero-order valence-electron chi connectivity index (χ0n) is 20.4. The lowest BCUT2D eigenvalue weighted by Gasteiger charge is -2.17. The molecule has 188 valence electrons. The van der Waals surface area contributed by atoms with E-state index >= 15 is 0 Å². The summed E-state index contributed by atoms with van der Waals surface area (Å²) in [7, 11) is 1.60. The average Bonchev–Trinajstić information content (AvgIpc) is 3.67. The van der Waals surface area contributed by atoms with Gasteiger partial charge < -0.3 is 19.2 Å². The molecule has 2 aromatic carbocycles. The van der Waals surface area contributed by atoms with Crippen molar-refractivity contribution in [1.29, 1.82) is 0 Å². The lowest BCUT2D eigenvalue weighted by Crippen LogP contribution is -2.19. The Kier molecular flexibility index (Phi) is 6.04. The quantitative estimate of drug-likeness (QED) is 0.313. The Hall–Kier alpha value is -3.91. The number of nitrogens with zero attached hydrogens (tertiary/aromatic N) is 2. The number of methoxy groups -OCH3 is 1. The van der Waals surface area contributed by atoms with E-state index in [0.29, 0.717) is 23.3 Å². The number of rotatable bonds is 7. The highest BCUT2D eigenvalue weighted by atomic mass is 32.1. The van der Waals surface area contributed by atoms with Crippen molar-refractivity contribution in [2.45, 2.75) is 44.8 Å². The molecule has 0 spiro atoms. The molecule has 7 nitrogen and oxygen atoms in total. The van der Waals surface area contributed by atoms with E-state index in [1.165, 1.54) is 16.6 Å². The summed E-state index contributed by atoms with van der Waals surface area (Å²) in [5, 5.41) is 14.4. The van der Waals surface area contributed by atoms with E-state index in [1.807, 2.05) is 41.0 Å². The van der Waals surface area contributed by atoms with Gasteiger partial charge in [-0.05, 0) is 55.0 Å². The Morgan fingerprint density at radius 1 is 1.16 bits per heavy atom. The second-order valence-corrected chi connectivity index (χ2v) is 10.6. The van der Waals surface area contributed by atoms with Gasteiger partial charge >= 0.3 is 5.97 Å². The summed E-state index contributed by atoms with van der Waals surface area (Å²) in [5.74, 6) is -0.599. The van der Waals surface area contributed by atoms with Crippen molar-refractivity contribution >= 4 is 33.9 Å². The summed E-state index contributed by atoms with van der Waals surface area (Å²) in [6, 6.07) is 16.0. The number of carboxylic acid groups (broad SMARTS) is 1. The molecule has 2 aromatic heterocycles. The summed E-state index contributed by atoms with van der Waals surface area (Å²) in [6.07, 6.45) is 5.88. The number of aryl methyl sites for hydroxylation is 1. The van der Waals surface area contributed by atoms with Gasteiger partial charge in [0.2, 0.25) is 5.43 Å². The number of benzene rings is 2. The maximum atomic E-state index is 13.0. The van der Waals surface area contributed by atoms with Crippen LogP contribution in [0.1, 0.15) is 51.7 Å².